The van der Waals surface area contributed by atoms with Crippen molar-refractivity contribution in [3.05, 3.63) is 59.8 Å². The third-order valence-electron chi connectivity index (χ3n) is 12.4. The number of aliphatic hydroxyl groups is 4. The molecule has 64 heavy (non-hydrogen) atoms. The lowest BCUT2D eigenvalue weighted by atomic mass is 9.70. The molecule has 0 unspecified atom stereocenters. The van der Waals surface area contributed by atoms with Crippen molar-refractivity contribution >= 4 is 29.8 Å². The molecule has 6 bridgehead atoms. The van der Waals surface area contributed by atoms with Gasteiger partial charge < -0.3 is 58.3 Å². The summed E-state index contributed by atoms with van der Waals surface area (Å²) in [6, 6.07) is 0. The highest BCUT2D eigenvalue weighted by molar-refractivity contribution is 5.85. The second-order valence-electron chi connectivity index (χ2n) is 18.3. The maximum Gasteiger partial charge on any atom is 0.331 e. The summed E-state index contributed by atoms with van der Waals surface area (Å²) in [5, 5.41) is 47.5. The summed E-state index contributed by atoms with van der Waals surface area (Å²) >= 11 is 0. The Labute approximate surface area is 375 Å². The van der Waals surface area contributed by atoms with E-state index in [1.807, 2.05) is 13.0 Å². The van der Waals surface area contributed by atoms with Gasteiger partial charge in [-0.3, -0.25) is 9.59 Å². The molecule has 17 heteroatoms. The molecule has 17 nitrogen and oxygen atoms in total. The molecular formula is C47H68O17. The molecule has 4 rings (SSSR count). The molecule has 4 heterocycles. The zero-order valence-electron chi connectivity index (χ0n) is 38.5. The Hall–Kier alpha value is -4.23. The first-order chi connectivity index (χ1) is 29.9. The average molecular weight is 905 g/mol. The predicted octanol–water partition coefficient (Wildman–Crippen LogP) is 4.28. The number of aliphatic hydroxyl groups excluding tert-OH is 2. The molecule has 3 saturated heterocycles. The van der Waals surface area contributed by atoms with Gasteiger partial charge in [0.2, 0.25) is 5.79 Å². The molecule has 0 amide bonds. The van der Waals surface area contributed by atoms with Crippen molar-refractivity contribution < 1.29 is 82.3 Å². The van der Waals surface area contributed by atoms with Crippen LogP contribution < -0.4 is 0 Å². The fraction of sp³-hybridized carbons (Fsp3) is 0.681. The van der Waals surface area contributed by atoms with E-state index >= 15 is 0 Å². The highest BCUT2D eigenvalue weighted by atomic mass is 16.7. The summed E-state index contributed by atoms with van der Waals surface area (Å²) in [5.74, 6) is -8.31. The first-order valence-corrected chi connectivity index (χ1v) is 21.9. The topological polar surface area (TPSA) is 240 Å². The second kappa shape index (κ2) is 22.3. The Morgan fingerprint density at radius 1 is 0.875 bits per heavy atom. The highest BCUT2D eigenvalue weighted by Crippen LogP contribution is 2.50. The number of carbonyl (C=O) groups excluding carboxylic acids is 5. The Morgan fingerprint density at radius 2 is 1.56 bits per heavy atom. The van der Waals surface area contributed by atoms with Gasteiger partial charge in [0.1, 0.15) is 12.2 Å². The van der Waals surface area contributed by atoms with Crippen LogP contribution in [0.2, 0.25) is 0 Å². The van der Waals surface area contributed by atoms with E-state index in [0.717, 1.165) is 32.1 Å². The number of allylic oxidation sites excluding steroid dienone is 3. The van der Waals surface area contributed by atoms with Crippen molar-refractivity contribution in [3.63, 3.8) is 0 Å². The number of carbonyl (C=O) groups is 5. The van der Waals surface area contributed by atoms with Gasteiger partial charge in [0.05, 0.1) is 62.7 Å². The van der Waals surface area contributed by atoms with Crippen molar-refractivity contribution in [2.75, 3.05) is 14.2 Å². The quantitative estimate of drug-likeness (QED) is 0.0830. The minimum absolute atomic E-state index is 0.0721. The van der Waals surface area contributed by atoms with Crippen LogP contribution in [0.3, 0.4) is 0 Å². The maximum absolute atomic E-state index is 13.4. The van der Waals surface area contributed by atoms with Crippen LogP contribution in [0.4, 0.5) is 0 Å². The molecule has 0 aromatic rings. The number of ether oxygens (including phenoxy) is 8. The lowest BCUT2D eigenvalue weighted by Crippen LogP contribution is -2.62. The Balaban J connectivity index is 1.89. The molecule has 0 aromatic carbocycles. The normalized spacial score (nSPS) is 35.8. The smallest absolute Gasteiger partial charge is 0.331 e. The van der Waals surface area contributed by atoms with Gasteiger partial charge in [-0.15, -0.1) is 0 Å². The van der Waals surface area contributed by atoms with Crippen LogP contribution in [-0.2, 0) is 61.9 Å². The first-order valence-electron chi connectivity index (χ1n) is 21.9. The zero-order chi connectivity index (χ0) is 47.6. The van der Waals surface area contributed by atoms with Gasteiger partial charge in [0, 0.05) is 56.3 Å². The first kappa shape index (κ1) is 52.4. The Bertz CT molecular complexity index is 1830. The highest BCUT2D eigenvalue weighted by Gasteiger charge is 2.59. The molecule has 0 aromatic heterocycles. The van der Waals surface area contributed by atoms with Gasteiger partial charge in [-0.1, -0.05) is 77.0 Å². The summed E-state index contributed by atoms with van der Waals surface area (Å²) in [6.07, 6.45) is 2.55. The van der Waals surface area contributed by atoms with Crippen molar-refractivity contribution in [3.8, 4) is 0 Å². The monoisotopic (exact) mass is 904 g/mol. The van der Waals surface area contributed by atoms with Gasteiger partial charge in [0.15, 0.2) is 11.9 Å². The van der Waals surface area contributed by atoms with E-state index < -0.39 is 114 Å². The molecule has 3 fully saturated rings. The number of rotatable bonds is 9. The lowest BCUT2D eigenvalue weighted by Gasteiger charge is -2.53. The number of cyclic esters (lactones) is 1. The van der Waals surface area contributed by atoms with E-state index in [4.69, 9.17) is 37.9 Å². The van der Waals surface area contributed by atoms with Gasteiger partial charge >= 0.3 is 29.8 Å². The SMILES string of the molecule is CCC/C=C/C=C/C(=O)O[C@H]1/C(=C/C(=O)OC)C[C@H]2C[C@H]([C@@H](C)O)OC(=O)C[C@H](O)C[C@H]3C[C@H](OC(C)=O)C(C)(C)[C@](O)(C[C@@H]4C/C(=C/C(=O)OC)C[C@H](/C=C\C(C)(C)[C@]1(O)O2)O4)O3. The third kappa shape index (κ3) is 13.4. The van der Waals surface area contributed by atoms with Crippen molar-refractivity contribution in [1.82, 2.24) is 0 Å². The minimum Gasteiger partial charge on any atom is -0.466 e. The Morgan fingerprint density at radius 3 is 2.20 bits per heavy atom. The second-order valence-corrected chi connectivity index (χ2v) is 18.3. The van der Waals surface area contributed by atoms with Crippen LogP contribution in [0.1, 0.15) is 113 Å². The summed E-state index contributed by atoms with van der Waals surface area (Å²) in [4.78, 5) is 64.7. The summed E-state index contributed by atoms with van der Waals surface area (Å²) in [6.45, 7) is 11.2. The van der Waals surface area contributed by atoms with Gasteiger partial charge in [-0.2, -0.15) is 0 Å². The summed E-state index contributed by atoms with van der Waals surface area (Å²) < 4.78 is 46.7. The fourth-order valence-corrected chi connectivity index (χ4v) is 8.57. The van der Waals surface area contributed by atoms with Crippen LogP contribution >= 0.6 is 0 Å². The zero-order valence-corrected chi connectivity index (χ0v) is 38.5. The number of fused-ring (bicyclic) bond motifs is 6. The van der Waals surface area contributed by atoms with E-state index in [9.17, 15) is 44.4 Å². The van der Waals surface area contributed by atoms with E-state index in [2.05, 4.69) is 0 Å². The largest absolute Gasteiger partial charge is 0.466 e. The minimum atomic E-state index is -2.47. The molecule has 11 atom stereocenters. The summed E-state index contributed by atoms with van der Waals surface area (Å²) in [7, 11) is 2.40. The molecule has 4 N–H and O–H groups in total. The van der Waals surface area contributed by atoms with Gasteiger partial charge in [-0.25, -0.2) is 14.4 Å². The maximum atomic E-state index is 13.4. The Kier molecular flexibility index (Phi) is 18.3. The standard InChI is InChI=1S/C47H68O17/c1-10-11-12-13-14-15-39(51)62-43-31(22-41(53)58-9)21-34-25-37(28(2)48)61-42(54)24-32(50)23-35-26-38(59-29(3)49)45(6,7)46(55,63-35)27-36-19-30(20-40(52)57-8)18-33(60-36)16-17-44(4,5)47(43,56)64-34/h12-17,20,22,28,32-38,43,48,50,55-56H,10-11,18-19,21,23-27H2,1-9H3/b13-12+,15-14+,17-16-,30-20+,31-22+/t28-,32-,33+,34+,35+,36+,37-,38+,43+,46+,47-/m1/s1. The summed E-state index contributed by atoms with van der Waals surface area (Å²) in [5.41, 5.74) is -2.06. The van der Waals surface area contributed by atoms with Crippen LogP contribution in [0, 0.1) is 10.8 Å². The van der Waals surface area contributed by atoms with Crippen LogP contribution in [0.15, 0.2) is 59.8 Å². The van der Waals surface area contributed by atoms with Crippen LogP contribution in [-0.4, -0.2) is 131 Å². The number of hydrogen-bond acceptors (Lipinski definition) is 17. The van der Waals surface area contributed by atoms with Crippen molar-refractivity contribution in [2.24, 2.45) is 10.8 Å². The van der Waals surface area contributed by atoms with Crippen LogP contribution in [0.25, 0.3) is 0 Å². The molecule has 0 spiro atoms. The number of hydrogen-bond donors (Lipinski definition) is 4. The van der Waals surface area contributed by atoms with E-state index in [1.54, 1.807) is 45.9 Å². The molecule has 0 radical (unpaired) electrons. The van der Waals surface area contributed by atoms with Crippen molar-refractivity contribution in [1.29, 1.82) is 0 Å². The third-order valence-corrected chi connectivity index (χ3v) is 12.4. The number of unbranched alkanes of at least 4 members (excludes halogenated alkanes) is 1. The average Bonchev–Trinajstić information content (AvgIpc) is 3.19. The number of esters is 5. The predicted molar refractivity (Wildman–Crippen MR) is 228 cm³/mol. The van der Waals surface area contributed by atoms with Crippen LogP contribution in [0.5, 0.6) is 0 Å². The fourth-order valence-electron chi connectivity index (χ4n) is 8.57. The molecule has 0 aliphatic carbocycles. The number of methoxy groups -OCH3 is 2. The molecule has 358 valence electrons. The molecular weight excluding hydrogens is 836 g/mol. The van der Waals surface area contributed by atoms with Gasteiger partial charge in [0.25, 0.3) is 0 Å². The van der Waals surface area contributed by atoms with E-state index in [-0.39, 0.29) is 50.5 Å². The molecule has 4 aliphatic rings. The molecule has 4 aliphatic heterocycles. The molecule has 0 saturated carbocycles. The van der Waals surface area contributed by atoms with E-state index in [0.29, 0.717) is 5.57 Å². The van der Waals surface area contributed by atoms with Crippen molar-refractivity contribution in [2.45, 2.75) is 179 Å². The lowest BCUT2D eigenvalue weighted by molar-refractivity contribution is -0.348. The van der Waals surface area contributed by atoms with E-state index in [1.165, 1.54) is 33.1 Å². The van der Waals surface area contributed by atoms with Gasteiger partial charge in [-0.05, 0) is 38.2 Å².